The van der Waals surface area contributed by atoms with Gasteiger partial charge in [0.25, 0.3) is 0 Å². The van der Waals surface area contributed by atoms with Gasteiger partial charge in [0, 0.05) is 16.1 Å². The molecule has 0 aromatic heterocycles. The SMILES string of the molecule is C=C(C)C[C@@H](N)c1c(Br)ccc(Cl)c1O.Cl. The Hall–Kier alpha value is -0.220. The van der Waals surface area contributed by atoms with E-state index >= 15 is 0 Å². The quantitative estimate of drug-likeness (QED) is 0.818. The van der Waals surface area contributed by atoms with Crippen molar-refractivity contribution in [1.29, 1.82) is 0 Å². The van der Waals surface area contributed by atoms with Gasteiger partial charge in [-0.1, -0.05) is 33.1 Å². The summed E-state index contributed by atoms with van der Waals surface area (Å²) in [5.41, 5.74) is 7.55. The normalized spacial score (nSPS) is 11.8. The Kier molecular flexibility index (Phi) is 6.41. The number of nitrogens with two attached hydrogens (primary N) is 1. The second-order valence-corrected chi connectivity index (χ2v) is 4.82. The van der Waals surface area contributed by atoms with Gasteiger partial charge in [0.2, 0.25) is 0 Å². The monoisotopic (exact) mass is 325 g/mol. The van der Waals surface area contributed by atoms with Gasteiger partial charge in [-0.2, -0.15) is 0 Å². The molecule has 0 aliphatic heterocycles. The summed E-state index contributed by atoms with van der Waals surface area (Å²) < 4.78 is 0.762. The lowest BCUT2D eigenvalue weighted by atomic mass is 10.0. The minimum absolute atomic E-state index is 0. The van der Waals surface area contributed by atoms with E-state index in [0.717, 1.165) is 10.0 Å². The summed E-state index contributed by atoms with van der Waals surface area (Å²) in [6, 6.07) is 3.10. The lowest BCUT2D eigenvalue weighted by Gasteiger charge is -2.16. The molecule has 90 valence electrons. The fraction of sp³-hybridized carbons (Fsp3) is 0.273. The number of benzene rings is 1. The van der Waals surface area contributed by atoms with Gasteiger partial charge in [0.1, 0.15) is 5.75 Å². The van der Waals surface area contributed by atoms with Crippen LogP contribution in [0, 0.1) is 0 Å². The van der Waals surface area contributed by atoms with Gasteiger partial charge in [-0.3, -0.25) is 0 Å². The predicted octanol–water partition coefficient (Wildman–Crippen LogP) is 4.20. The van der Waals surface area contributed by atoms with Crippen LogP contribution in [-0.2, 0) is 0 Å². The fourth-order valence-corrected chi connectivity index (χ4v) is 2.17. The molecule has 0 saturated carbocycles. The molecule has 0 amide bonds. The smallest absolute Gasteiger partial charge is 0.140 e. The standard InChI is InChI=1S/C11H13BrClNO.ClH/c1-6(2)5-9(14)10-7(12)3-4-8(13)11(10)15;/h3-4,9,15H,1,5,14H2,2H3;1H/t9-;/m1./s1. The molecule has 5 heteroatoms. The number of hydrogen-bond donors (Lipinski definition) is 2. The van der Waals surface area contributed by atoms with Gasteiger partial charge in [-0.25, -0.2) is 0 Å². The van der Waals surface area contributed by atoms with Crippen molar-refractivity contribution in [3.8, 4) is 5.75 Å². The highest BCUT2D eigenvalue weighted by Crippen LogP contribution is 2.37. The molecular weight excluding hydrogens is 313 g/mol. The molecule has 16 heavy (non-hydrogen) atoms. The summed E-state index contributed by atoms with van der Waals surface area (Å²) in [5.74, 6) is 0.0415. The van der Waals surface area contributed by atoms with E-state index in [1.165, 1.54) is 0 Å². The van der Waals surface area contributed by atoms with Crippen LogP contribution in [0.4, 0.5) is 0 Å². The first kappa shape index (κ1) is 15.8. The zero-order chi connectivity index (χ0) is 11.6. The average molecular weight is 327 g/mol. The third-order valence-electron chi connectivity index (χ3n) is 2.05. The first-order valence-corrected chi connectivity index (χ1v) is 5.67. The Morgan fingerprint density at radius 2 is 2.19 bits per heavy atom. The minimum Gasteiger partial charge on any atom is -0.506 e. The van der Waals surface area contributed by atoms with Crippen LogP contribution in [0.1, 0.15) is 24.9 Å². The third-order valence-corrected chi connectivity index (χ3v) is 3.05. The number of aromatic hydroxyl groups is 1. The van der Waals surface area contributed by atoms with Crippen LogP contribution in [0.15, 0.2) is 28.8 Å². The maximum atomic E-state index is 9.79. The van der Waals surface area contributed by atoms with E-state index in [0.29, 0.717) is 17.0 Å². The predicted molar refractivity (Wildman–Crippen MR) is 74.4 cm³/mol. The van der Waals surface area contributed by atoms with Gasteiger partial charge >= 0.3 is 0 Å². The van der Waals surface area contributed by atoms with E-state index in [2.05, 4.69) is 22.5 Å². The van der Waals surface area contributed by atoms with E-state index in [-0.39, 0.29) is 24.2 Å². The second-order valence-electron chi connectivity index (χ2n) is 3.56. The molecule has 0 unspecified atom stereocenters. The highest BCUT2D eigenvalue weighted by Gasteiger charge is 2.16. The number of hydrogen-bond acceptors (Lipinski definition) is 2. The Morgan fingerprint density at radius 3 is 2.69 bits per heavy atom. The molecule has 0 aliphatic rings. The minimum atomic E-state index is -0.296. The topological polar surface area (TPSA) is 46.2 Å². The lowest BCUT2D eigenvalue weighted by molar-refractivity contribution is 0.460. The van der Waals surface area contributed by atoms with Crippen molar-refractivity contribution in [2.75, 3.05) is 0 Å². The molecule has 0 fully saturated rings. The number of rotatable bonds is 3. The molecule has 1 aromatic carbocycles. The summed E-state index contributed by atoms with van der Waals surface area (Å²) in [6.07, 6.45) is 0.618. The van der Waals surface area contributed by atoms with Crippen LogP contribution >= 0.6 is 39.9 Å². The Balaban J connectivity index is 0.00000225. The molecule has 1 atom stereocenters. The van der Waals surface area contributed by atoms with Gasteiger partial charge in [0.05, 0.1) is 5.02 Å². The van der Waals surface area contributed by atoms with Crippen LogP contribution in [0.3, 0.4) is 0 Å². The van der Waals surface area contributed by atoms with Crippen molar-refractivity contribution in [2.45, 2.75) is 19.4 Å². The van der Waals surface area contributed by atoms with Crippen LogP contribution in [-0.4, -0.2) is 5.11 Å². The van der Waals surface area contributed by atoms with E-state index < -0.39 is 0 Å². The molecule has 0 heterocycles. The molecule has 0 radical (unpaired) electrons. The van der Waals surface area contributed by atoms with Crippen molar-refractivity contribution in [3.05, 3.63) is 39.3 Å². The van der Waals surface area contributed by atoms with Crippen LogP contribution in [0.5, 0.6) is 5.75 Å². The summed E-state index contributed by atoms with van der Waals surface area (Å²) in [6.45, 7) is 5.69. The van der Waals surface area contributed by atoms with Crippen LogP contribution < -0.4 is 5.73 Å². The van der Waals surface area contributed by atoms with Crippen molar-refractivity contribution in [1.82, 2.24) is 0 Å². The van der Waals surface area contributed by atoms with Gasteiger partial charge < -0.3 is 10.8 Å². The molecule has 0 aliphatic carbocycles. The number of halogens is 3. The van der Waals surface area contributed by atoms with E-state index in [1.54, 1.807) is 12.1 Å². The first-order chi connectivity index (χ1) is 6.93. The van der Waals surface area contributed by atoms with Crippen molar-refractivity contribution in [2.24, 2.45) is 5.73 Å². The summed E-state index contributed by atoms with van der Waals surface area (Å²) in [4.78, 5) is 0. The van der Waals surface area contributed by atoms with Crippen molar-refractivity contribution < 1.29 is 5.11 Å². The Morgan fingerprint density at radius 1 is 1.62 bits per heavy atom. The van der Waals surface area contributed by atoms with E-state index in [9.17, 15) is 5.11 Å². The molecular formula is C11H14BrCl2NO. The Bertz CT molecular complexity index is 396. The maximum absolute atomic E-state index is 9.79. The zero-order valence-corrected chi connectivity index (χ0v) is 12.0. The van der Waals surface area contributed by atoms with E-state index in [1.807, 2.05) is 6.92 Å². The maximum Gasteiger partial charge on any atom is 0.140 e. The first-order valence-electron chi connectivity index (χ1n) is 4.50. The molecule has 3 N–H and O–H groups in total. The van der Waals surface area contributed by atoms with Gasteiger partial charge in [-0.15, -0.1) is 19.0 Å². The number of phenols is 1. The van der Waals surface area contributed by atoms with E-state index in [4.69, 9.17) is 17.3 Å². The second kappa shape index (κ2) is 6.50. The van der Waals surface area contributed by atoms with Crippen LogP contribution in [0.25, 0.3) is 0 Å². The average Bonchev–Trinajstić information content (AvgIpc) is 2.11. The third kappa shape index (κ3) is 3.67. The highest BCUT2D eigenvalue weighted by molar-refractivity contribution is 9.10. The molecule has 2 nitrogen and oxygen atoms in total. The summed E-state index contributed by atoms with van der Waals surface area (Å²) >= 11 is 9.16. The highest BCUT2D eigenvalue weighted by atomic mass is 79.9. The molecule has 1 aromatic rings. The summed E-state index contributed by atoms with van der Waals surface area (Å²) in [5, 5.41) is 10.1. The van der Waals surface area contributed by atoms with Crippen molar-refractivity contribution >= 4 is 39.9 Å². The molecule has 1 rings (SSSR count). The largest absolute Gasteiger partial charge is 0.506 e. The van der Waals surface area contributed by atoms with Gasteiger partial charge in [-0.05, 0) is 25.5 Å². The van der Waals surface area contributed by atoms with Crippen LogP contribution in [0.2, 0.25) is 5.02 Å². The zero-order valence-electron chi connectivity index (χ0n) is 8.84. The fourth-order valence-electron chi connectivity index (χ4n) is 1.39. The van der Waals surface area contributed by atoms with Crippen molar-refractivity contribution in [3.63, 3.8) is 0 Å². The molecule has 0 spiro atoms. The molecule has 0 saturated heterocycles. The summed E-state index contributed by atoms with van der Waals surface area (Å²) in [7, 11) is 0. The van der Waals surface area contributed by atoms with Gasteiger partial charge in [0.15, 0.2) is 0 Å². The Labute approximate surface area is 115 Å². The lowest BCUT2D eigenvalue weighted by Crippen LogP contribution is -2.11. The number of phenolic OH excluding ortho intramolecular Hbond substituents is 1. The molecule has 0 bridgehead atoms.